The third-order valence-electron chi connectivity index (χ3n) is 8.37. The summed E-state index contributed by atoms with van der Waals surface area (Å²) in [6.07, 6.45) is -13.7. The Labute approximate surface area is 274 Å². The van der Waals surface area contributed by atoms with Crippen LogP contribution in [0.2, 0.25) is 0 Å². The van der Waals surface area contributed by atoms with E-state index in [1.165, 1.54) is 14.0 Å². The SMILES string of the molecule is COc1ccc(-c2oc3c(CC=C(C)C)c(O[C@@H]4O[C@H](CO)[C@@H](O)[C@H](O)[C@H]4O)cc(O)c3c(=O)c2O[C@@H]2O[C@@H](C)[C@H](O)[C@@H](O)[C@@H]2O)cc1. The minimum Gasteiger partial charge on any atom is -0.507 e. The molecular formula is C33H40O15. The van der Waals surface area contributed by atoms with Gasteiger partial charge in [-0.05, 0) is 51.5 Å². The van der Waals surface area contributed by atoms with Gasteiger partial charge in [0.15, 0.2) is 5.76 Å². The molecule has 0 spiro atoms. The first kappa shape index (κ1) is 35.5. The van der Waals surface area contributed by atoms with E-state index in [9.17, 15) is 45.6 Å². The normalized spacial score (nSPS) is 30.6. The van der Waals surface area contributed by atoms with E-state index in [-0.39, 0.29) is 34.5 Å². The molecule has 2 aliphatic rings. The van der Waals surface area contributed by atoms with Crippen molar-refractivity contribution in [3.05, 3.63) is 57.8 Å². The first-order valence-corrected chi connectivity index (χ1v) is 15.2. The molecule has 1 aromatic heterocycles. The topological polar surface area (TPSA) is 238 Å². The monoisotopic (exact) mass is 676 g/mol. The summed E-state index contributed by atoms with van der Waals surface area (Å²) in [5, 5.41) is 82.9. The smallest absolute Gasteiger partial charge is 0.239 e. The van der Waals surface area contributed by atoms with E-state index >= 15 is 0 Å². The Morgan fingerprint density at radius 1 is 0.875 bits per heavy atom. The van der Waals surface area contributed by atoms with Crippen LogP contribution in [-0.4, -0.2) is 116 Å². The summed E-state index contributed by atoms with van der Waals surface area (Å²) >= 11 is 0. The molecule has 10 atom stereocenters. The molecule has 15 nitrogen and oxygen atoms in total. The van der Waals surface area contributed by atoms with E-state index in [0.29, 0.717) is 11.3 Å². The molecule has 0 saturated carbocycles. The Hall–Kier alpha value is -3.77. The van der Waals surface area contributed by atoms with Crippen LogP contribution in [0, 0.1) is 0 Å². The van der Waals surface area contributed by atoms with Crippen molar-refractivity contribution in [3.63, 3.8) is 0 Å². The van der Waals surface area contributed by atoms with E-state index in [4.69, 9.17) is 28.1 Å². The maximum atomic E-state index is 14.3. The van der Waals surface area contributed by atoms with Gasteiger partial charge in [-0.15, -0.1) is 0 Å². The number of aliphatic hydroxyl groups is 7. The van der Waals surface area contributed by atoms with Crippen molar-refractivity contribution in [2.75, 3.05) is 13.7 Å². The zero-order chi connectivity index (χ0) is 35.0. The van der Waals surface area contributed by atoms with Crippen molar-refractivity contribution in [1.82, 2.24) is 0 Å². The van der Waals surface area contributed by atoms with E-state index < -0.39 is 84.9 Å². The van der Waals surface area contributed by atoms with Gasteiger partial charge in [-0.2, -0.15) is 0 Å². The number of phenols is 1. The summed E-state index contributed by atoms with van der Waals surface area (Å²) < 4.78 is 34.5. The quantitative estimate of drug-likeness (QED) is 0.140. The van der Waals surface area contributed by atoms with Gasteiger partial charge in [0.25, 0.3) is 0 Å². The second kappa shape index (κ2) is 14.4. The molecule has 0 amide bonds. The van der Waals surface area contributed by atoms with Crippen LogP contribution in [0.3, 0.4) is 0 Å². The van der Waals surface area contributed by atoms with Crippen molar-refractivity contribution in [2.24, 2.45) is 0 Å². The standard InChI is InChI=1S/C33H40O15/c1-13(2)5-10-17-19(45-33-28(42)26(40)23(37)20(12-34)46-33)11-18(35)21-24(38)31(48-32-27(41)25(39)22(36)14(3)44-32)29(47-30(17)21)15-6-8-16(43-4)9-7-15/h5-9,11,14,20,22-23,25-28,32-37,39-42H,10,12H2,1-4H3/t14-,20+,22-,23+,25+,26-,27-,28+,32-,33+/m0/s1. The highest BCUT2D eigenvalue weighted by atomic mass is 16.7. The van der Waals surface area contributed by atoms with Crippen LogP contribution in [0.25, 0.3) is 22.3 Å². The molecule has 3 aromatic rings. The minimum atomic E-state index is -1.77. The number of allylic oxidation sites excluding steroid dienone is 2. The number of aliphatic hydroxyl groups excluding tert-OH is 7. The predicted molar refractivity (Wildman–Crippen MR) is 167 cm³/mol. The Balaban J connectivity index is 1.71. The second-order valence-electron chi connectivity index (χ2n) is 12.0. The van der Waals surface area contributed by atoms with Crippen LogP contribution in [0.15, 0.2) is 51.2 Å². The third kappa shape index (κ3) is 6.74. The number of hydrogen-bond donors (Lipinski definition) is 8. The van der Waals surface area contributed by atoms with Crippen molar-refractivity contribution in [1.29, 1.82) is 0 Å². The lowest BCUT2D eigenvalue weighted by atomic mass is 9.99. The number of ether oxygens (including phenoxy) is 5. The van der Waals surface area contributed by atoms with Crippen LogP contribution >= 0.6 is 0 Å². The molecule has 2 aliphatic heterocycles. The maximum Gasteiger partial charge on any atom is 0.239 e. The summed E-state index contributed by atoms with van der Waals surface area (Å²) in [6, 6.07) is 7.41. The number of rotatable bonds is 9. The van der Waals surface area contributed by atoms with Gasteiger partial charge >= 0.3 is 0 Å². The average Bonchev–Trinajstić information content (AvgIpc) is 3.06. The van der Waals surface area contributed by atoms with E-state index in [0.717, 1.165) is 11.6 Å². The Morgan fingerprint density at radius 2 is 1.50 bits per heavy atom. The number of phenolic OH excluding ortho intramolecular Hbond substituents is 1. The summed E-state index contributed by atoms with van der Waals surface area (Å²) in [4.78, 5) is 14.3. The Kier molecular flexibility index (Phi) is 10.6. The molecule has 2 aromatic carbocycles. The molecule has 15 heteroatoms. The number of methoxy groups -OCH3 is 1. The largest absolute Gasteiger partial charge is 0.507 e. The zero-order valence-electron chi connectivity index (χ0n) is 26.6. The van der Waals surface area contributed by atoms with Gasteiger partial charge in [-0.1, -0.05) is 11.6 Å². The molecule has 3 heterocycles. The van der Waals surface area contributed by atoms with Gasteiger partial charge < -0.3 is 69.0 Å². The predicted octanol–water partition coefficient (Wildman–Crippen LogP) is 0.0679. The highest BCUT2D eigenvalue weighted by Crippen LogP contribution is 2.41. The molecule has 0 radical (unpaired) electrons. The first-order chi connectivity index (χ1) is 22.8. The summed E-state index contributed by atoms with van der Waals surface area (Å²) in [7, 11) is 1.47. The van der Waals surface area contributed by atoms with E-state index in [1.807, 2.05) is 13.8 Å². The second-order valence-corrected chi connectivity index (χ2v) is 12.0. The molecular weight excluding hydrogens is 636 g/mol. The maximum absolute atomic E-state index is 14.3. The lowest BCUT2D eigenvalue weighted by Crippen LogP contribution is -2.60. The molecule has 262 valence electrons. The molecule has 2 saturated heterocycles. The highest BCUT2D eigenvalue weighted by molar-refractivity contribution is 5.91. The number of fused-ring (bicyclic) bond motifs is 1. The molecule has 8 N–H and O–H groups in total. The van der Waals surface area contributed by atoms with Gasteiger partial charge in [0.05, 0.1) is 19.8 Å². The minimum absolute atomic E-state index is 0.0725. The highest BCUT2D eigenvalue weighted by Gasteiger charge is 2.46. The molecule has 0 unspecified atom stereocenters. The first-order valence-electron chi connectivity index (χ1n) is 15.2. The Bertz CT molecular complexity index is 1680. The molecule has 48 heavy (non-hydrogen) atoms. The van der Waals surface area contributed by atoms with Crippen molar-refractivity contribution >= 4 is 11.0 Å². The van der Waals surface area contributed by atoms with Gasteiger partial charge in [0.1, 0.15) is 70.9 Å². The number of hydrogen-bond acceptors (Lipinski definition) is 15. The van der Waals surface area contributed by atoms with Crippen molar-refractivity contribution in [3.8, 4) is 34.3 Å². The van der Waals surface area contributed by atoms with Crippen LogP contribution in [0.1, 0.15) is 26.3 Å². The van der Waals surface area contributed by atoms with Gasteiger partial charge in [-0.25, -0.2) is 0 Å². The van der Waals surface area contributed by atoms with Crippen LogP contribution in [0.4, 0.5) is 0 Å². The average molecular weight is 677 g/mol. The summed E-state index contributed by atoms with van der Waals surface area (Å²) in [5.74, 6) is -0.922. The molecule has 5 rings (SSSR count). The number of aromatic hydroxyl groups is 1. The fraction of sp³-hybridized carbons (Fsp3) is 0.485. The van der Waals surface area contributed by atoms with Crippen LogP contribution in [-0.2, 0) is 15.9 Å². The third-order valence-corrected chi connectivity index (χ3v) is 8.37. The van der Waals surface area contributed by atoms with Gasteiger partial charge in [-0.3, -0.25) is 4.79 Å². The molecule has 0 aliphatic carbocycles. The van der Waals surface area contributed by atoms with Crippen molar-refractivity contribution < 1.29 is 69.0 Å². The van der Waals surface area contributed by atoms with Crippen LogP contribution < -0.4 is 19.6 Å². The van der Waals surface area contributed by atoms with Crippen molar-refractivity contribution in [2.45, 2.75) is 88.6 Å². The van der Waals surface area contributed by atoms with Crippen LogP contribution in [0.5, 0.6) is 23.0 Å². The zero-order valence-corrected chi connectivity index (χ0v) is 26.6. The van der Waals surface area contributed by atoms with Gasteiger partial charge in [0.2, 0.25) is 23.8 Å². The van der Waals surface area contributed by atoms with Gasteiger partial charge in [0, 0.05) is 17.2 Å². The van der Waals surface area contributed by atoms with E-state index in [2.05, 4.69) is 0 Å². The fourth-order valence-corrected chi connectivity index (χ4v) is 5.52. The molecule has 2 fully saturated rings. The summed E-state index contributed by atoms with van der Waals surface area (Å²) in [6.45, 7) is 4.40. The lowest BCUT2D eigenvalue weighted by molar-refractivity contribution is -0.277. The lowest BCUT2D eigenvalue weighted by Gasteiger charge is -2.39. The summed E-state index contributed by atoms with van der Waals surface area (Å²) in [5.41, 5.74) is 0.341. The number of benzene rings is 2. The fourth-order valence-electron chi connectivity index (χ4n) is 5.52. The molecule has 0 bridgehead atoms. The Morgan fingerprint density at radius 3 is 2.10 bits per heavy atom. The van der Waals surface area contributed by atoms with E-state index in [1.54, 1.807) is 30.3 Å².